The first-order chi connectivity index (χ1) is 9.61. The number of carbonyl (C=O) groups is 1. The Labute approximate surface area is 129 Å². The summed E-state index contributed by atoms with van der Waals surface area (Å²) in [5, 5.41) is 9.63. The summed E-state index contributed by atoms with van der Waals surface area (Å²) in [5.41, 5.74) is 1.24. The van der Waals surface area contributed by atoms with E-state index in [0.29, 0.717) is 10.8 Å². The molecule has 1 aromatic heterocycles. The number of pyridine rings is 1. The largest absolute Gasteiger partial charge is 0.497 e. The Morgan fingerprint density at radius 3 is 2.95 bits per heavy atom. The zero-order valence-electron chi connectivity index (χ0n) is 10.7. The number of carboxylic acid groups (broad SMARTS) is 1. The molecule has 1 heterocycles. The van der Waals surface area contributed by atoms with E-state index in [1.165, 1.54) is 11.8 Å². The van der Waals surface area contributed by atoms with Crippen LogP contribution in [-0.2, 0) is 5.75 Å². The SMILES string of the molecule is COc1ccc(Br)c(CSc2ncccc2C(=O)O)c1. The van der Waals surface area contributed by atoms with Crippen molar-refractivity contribution in [2.45, 2.75) is 10.8 Å². The molecule has 1 aromatic carbocycles. The Balaban J connectivity index is 2.19. The lowest BCUT2D eigenvalue weighted by Gasteiger charge is -2.08. The van der Waals surface area contributed by atoms with E-state index in [2.05, 4.69) is 20.9 Å². The number of carboxylic acids is 1. The molecular formula is C14H12BrNO3S. The van der Waals surface area contributed by atoms with Gasteiger partial charge in [-0.25, -0.2) is 9.78 Å². The monoisotopic (exact) mass is 353 g/mol. The zero-order chi connectivity index (χ0) is 14.5. The molecular weight excluding hydrogens is 342 g/mol. The average Bonchev–Trinajstić information content (AvgIpc) is 2.46. The van der Waals surface area contributed by atoms with E-state index < -0.39 is 5.97 Å². The smallest absolute Gasteiger partial charge is 0.338 e. The van der Waals surface area contributed by atoms with E-state index in [9.17, 15) is 4.79 Å². The normalized spacial score (nSPS) is 10.3. The molecule has 20 heavy (non-hydrogen) atoms. The molecule has 104 valence electrons. The van der Waals surface area contributed by atoms with E-state index >= 15 is 0 Å². The third-order valence-corrected chi connectivity index (χ3v) is 4.45. The molecule has 0 fully saturated rings. The molecule has 2 aromatic rings. The van der Waals surface area contributed by atoms with Crippen molar-refractivity contribution in [2.75, 3.05) is 7.11 Å². The van der Waals surface area contributed by atoms with Gasteiger partial charge in [0.15, 0.2) is 0 Å². The number of halogens is 1. The van der Waals surface area contributed by atoms with Gasteiger partial charge in [0.25, 0.3) is 0 Å². The van der Waals surface area contributed by atoms with Crippen molar-refractivity contribution < 1.29 is 14.6 Å². The first-order valence-electron chi connectivity index (χ1n) is 5.75. The van der Waals surface area contributed by atoms with E-state index in [-0.39, 0.29) is 5.56 Å². The Morgan fingerprint density at radius 2 is 2.25 bits per heavy atom. The predicted molar refractivity (Wildman–Crippen MR) is 81.5 cm³/mol. The topological polar surface area (TPSA) is 59.4 Å². The Morgan fingerprint density at radius 1 is 1.45 bits per heavy atom. The molecule has 0 aliphatic rings. The van der Waals surface area contributed by atoms with Gasteiger partial charge in [0, 0.05) is 16.4 Å². The highest BCUT2D eigenvalue weighted by molar-refractivity contribution is 9.10. The minimum Gasteiger partial charge on any atom is -0.497 e. The predicted octanol–water partition coefficient (Wildman–Crippen LogP) is 3.84. The van der Waals surface area contributed by atoms with Gasteiger partial charge in [-0.1, -0.05) is 15.9 Å². The second-order valence-electron chi connectivity index (χ2n) is 3.91. The standard InChI is InChI=1S/C14H12BrNO3S/c1-19-10-4-5-12(15)9(7-10)8-20-13-11(14(17)18)3-2-6-16-13/h2-7H,8H2,1H3,(H,17,18). The van der Waals surface area contributed by atoms with Crippen LogP contribution >= 0.6 is 27.7 Å². The van der Waals surface area contributed by atoms with Crippen LogP contribution in [0.2, 0.25) is 0 Å². The zero-order valence-corrected chi connectivity index (χ0v) is 13.1. The lowest BCUT2D eigenvalue weighted by Crippen LogP contribution is -2.00. The second-order valence-corrected chi connectivity index (χ2v) is 5.73. The number of ether oxygens (including phenoxy) is 1. The number of aromatic nitrogens is 1. The highest BCUT2D eigenvalue weighted by atomic mass is 79.9. The fourth-order valence-electron chi connectivity index (χ4n) is 1.60. The van der Waals surface area contributed by atoms with Gasteiger partial charge in [-0.2, -0.15) is 0 Å². The van der Waals surface area contributed by atoms with Gasteiger partial charge in [-0.05, 0) is 35.9 Å². The Kier molecular flexibility index (Phi) is 5.03. The van der Waals surface area contributed by atoms with E-state index in [1.807, 2.05) is 18.2 Å². The maximum Gasteiger partial charge on any atom is 0.338 e. The van der Waals surface area contributed by atoms with Gasteiger partial charge in [-0.15, -0.1) is 11.8 Å². The summed E-state index contributed by atoms with van der Waals surface area (Å²) < 4.78 is 6.14. The maximum atomic E-state index is 11.1. The fraction of sp³-hybridized carbons (Fsp3) is 0.143. The number of nitrogens with zero attached hydrogens (tertiary/aromatic N) is 1. The summed E-state index contributed by atoms with van der Waals surface area (Å²) in [6.45, 7) is 0. The lowest BCUT2D eigenvalue weighted by molar-refractivity contribution is 0.0692. The van der Waals surface area contributed by atoms with Crippen LogP contribution < -0.4 is 4.74 Å². The quantitative estimate of drug-likeness (QED) is 0.827. The summed E-state index contributed by atoms with van der Waals surface area (Å²) in [5.74, 6) is 0.406. The van der Waals surface area contributed by atoms with Crippen molar-refractivity contribution in [2.24, 2.45) is 0 Å². The van der Waals surface area contributed by atoms with Crippen LogP contribution in [-0.4, -0.2) is 23.2 Å². The van der Waals surface area contributed by atoms with Crippen LogP contribution in [0.1, 0.15) is 15.9 Å². The van der Waals surface area contributed by atoms with E-state index in [1.54, 1.807) is 25.4 Å². The van der Waals surface area contributed by atoms with Gasteiger partial charge >= 0.3 is 5.97 Å². The van der Waals surface area contributed by atoms with E-state index in [4.69, 9.17) is 9.84 Å². The van der Waals surface area contributed by atoms with Crippen molar-refractivity contribution in [3.8, 4) is 5.75 Å². The van der Waals surface area contributed by atoms with Crippen molar-refractivity contribution in [3.05, 3.63) is 52.1 Å². The third-order valence-electron chi connectivity index (χ3n) is 2.62. The maximum absolute atomic E-state index is 11.1. The van der Waals surface area contributed by atoms with Crippen LogP contribution in [0.3, 0.4) is 0 Å². The van der Waals surface area contributed by atoms with Gasteiger partial charge in [0.1, 0.15) is 10.8 Å². The van der Waals surface area contributed by atoms with Gasteiger partial charge in [0.2, 0.25) is 0 Å². The van der Waals surface area contributed by atoms with Crippen LogP contribution in [0.25, 0.3) is 0 Å². The summed E-state index contributed by atoms with van der Waals surface area (Å²) >= 11 is 4.86. The van der Waals surface area contributed by atoms with Crippen molar-refractivity contribution in [1.29, 1.82) is 0 Å². The first kappa shape index (κ1) is 14.9. The second kappa shape index (κ2) is 6.76. The van der Waals surface area contributed by atoms with Crippen LogP contribution in [0.4, 0.5) is 0 Å². The molecule has 0 saturated carbocycles. The number of rotatable bonds is 5. The van der Waals surface area contributed by atoms with Gasteiger partial charge in [-0.3, -0.25) is 0 Å². The fourth-order valence-corrected chi connectivity index (χ4v) is 3.15. The molecule has 0 atom stereocenters. The van der Waals surface area contributed by atoms with Crippen LogP contribution in [0.5, 0.6) is 5.75 Å². The summed E-state index contributed by atoms with van der Waals surface area (Å²) in [6.07, 6.45) is 1.59. The Hall–Kier alpha value is -1.53. The molecule has 1 N–H and O–H groups in total. The van der Waals surface area contributed by atoms with Crippen molar-refractivity contribution >= 4 is 33.7 Å². The molecule has 0 radical (unpaired) electrons. The van der Waals surface area contributed by atoms with Crippen molar-refractivity contribution in [1.82, 2.24) is 4.98 Å². The molecule has 0 bridgehead atoms. The van der Waals surface area contributed by atoms with Crippen molar-refractivity contribution in [3.63, 3.8) is 0 Å². The van der Waals surface area contributed by atoms with Crippen LogP contribution in [0.15, 0.2) is 46.0 Å². The van der Waals surface area contributed by atoms with E-state index in [0.717, 1.165) is 15.8 Å². The lowest BCUT2D eigenvalue weighted by atomic mass is 10.2. The number of hydrogen-bond donors (Lipinski definition) is 1. The van der Waals surface area contributed by atoms with Gasteiger partial charge < -0.3 is 9.84 Å². The number of benzene rings is 1. The molecule has 0 aliphatic carbocycles. The minimum absolute atomic E-state index is 0.219. The minimum atomic E-state index is -0.967. The van der Waals surface area contributed by atoms with Crippen LogP contribution in [0, 0.1) is 0 Å². The summed E-state index contributed by atoms with van der Waals surface area (Å²) in [7, 11) is 1.61. The van der Waals surface area contributed by atoms with Gasteiger partial charge in [0.05, 0.1) is 12.7 Å². The first-order valence-corrected chi connectivity index (χ1v) is 7.53. The summed E-state index contributed by atoms with van der Waals surface area (Å²) in [4.78, 5) is 15.2. The number of thioether (sulfide) groups is 1. The molecule has 6 heteroatoms. The molecule has 0 unspecified atom stereocenters. The average molecular weight is 354 g/mol. The number of methoxy groups -OCH3 is 1. The Bertz CT molecular complexity index is 634. The number of hydrogen-bond acceptors (Lipinski definition) is 4. The highest BCUT2D eigenvalue weighted by Gasteiger charge is 2.12. The molecule has 0 spiro atoms. The molecule has 2 rings (SSSR count). The molecule has 4 nitrogen and oxygen atoms in total. The molecule has 0 amide bonds. The number of aromatic carboxylic acids is 1. The molecule has 0 saturated heterocycles. The molecule has 0 aliphatic heterocycles. The third kappa shape index (κ3) is 3.52. The highest BCUT2D eigenvalue weighted by Crippen LogP contribution is 2.30. The summed E-state index contributed by atoms with van der Waals surface area (Å²) in [6, 6.07) is 8.86.